The van der Waals surface area contributed by atoms with Gasteiger partial charge in [0.1, 0.15) is 17.3 Å². The van der Waals surface area contributed by atoms with Crippen molar-refractivity contribution in [3.63, 3.8) is 0 Å². The fourth-order valence-corrected chi connectivity index (χ4v) is 2.48. The highest BCUT2D eigenvalue weighted by Crippen LogP contribution is 2.37. The monoisotopic (exact) mass is 264 g/mol. The van der Waals surface area contributed by atoms with E-state index in [4.69, 9.17) is 4.42 Å². The quantitative estimate of drug-likeness (QED) is 0.757. The molecule has 2 aromatic carbocycles. The molecule has 0 saturated heterocycles. The molecule has 0 radical (unpaired) electrons. The lowest BCUT2D eigenvalue weighted by Gasteiger charge is -2.17. The molecule has 0 aliphatic carbocycles. The van der Waals surface area contributed by atoms with E-state index < -0.39 is 0 Å². The van der Waals surface area contributed by atoms with Crippen LogP contribution in [0.5, 0.6) is 5.75 Å². The lowest BCUT2D eigenvalue weighted by atomic mass is 9.88. The Morgan fingerprint density at radius 3 is 2.20 bits per heavy atom. The van der Waals surface area contributed by atoms with Crippen molar-refractivity contribution in [2.75, 3.05) is 0 Å². The van der Waals surface area contributed by atoms with Gasteiger partial charge in [0.15, 0.2) is 0 Å². The third-order valence-electron chi connectivity index (χ3n) is 3.43. The van der Waals surface area contributed by atoms with Crippen LogP contribution >= 0.6 is 0 Å². The highest BCUT2D eigenvalue weighted by molar-refractivity contribution is 5.46. The van der Waals surface area contributed by atoms with Gasteiger partial charge in [0.05, 0.1) is 5.92 Å². The molecule has 100 valence electrons. The van der Waals surface area contributed by atoms with Crippen LogP contribution in [0.2, 0.25) is 0 Å². The molecule has 0 amide bonds. The maximum Gasteiger partial charge on any atom is 0.119 e. The minimum Gasteiger partial charge on any atom is -0.508 e. The Labute approximate surface area is 118 Å². The van der Waals surface area contributed by atoms with Gasteiger partial charge in [0.25, 0.3) is 0 Å². The number of para-hydroxylation sites is 1. The molecule has 3 aromatic rings. The Morgan fingerprint density at radius 1 is 0.850 bits per heavy atom. The number of benzene rings is 2. The van der Waals surface area contributed by atoms with Crippen LogP contribution in [0.25, 0.3) is 0 Å². The first-order valence-electron chi connectivity index (χ1n) is 6.65. The molecule has 1 N–H and O–H groups in total. The van der Waals surface area contributed by atoms with Gasteiger partial charge in [0.2, 0.25) is 0 Å². The topological polar surface area (TPSA) is 33.4 Å². The Bertz CT molecular complexity index is 698. The van der Waals surface area contributed by atoms with Crippen molar-refractivity contribution in [1.29, 1.82) is 0 Å². The molecule has 0 bridgehead atoms. The van der Waals surface area contributed by atoms with Crippen molar-refractivity contribution >= 4 is 0 Å². The molecule has 1 heterocycles. The largest absolute Gasteiger partial charge is 0.508 e. The van der Waals surface area contributed by atoms with E-state index in [1.54, 1.807) is 6.07 Å². The van der Waals surface area contributed by atoms with E-state index in [1.165, 1.54) is 0 Å². The molecule has 0 aliphatic heterocycles. The number of phenols is 1. The molecule has 0 fully saturated rings. The SMILES string of the molecule is Cc1ccc(C(c2ccccc2)c2ccccc2O)o1. The fourth-order valence-electron chi connectivity index (χ4n) is 2.48. The predicted molar refractivity (Wildman–Crippen MR) is 78.9 cm³/mol. The van der Waals surface area contributed by atoms with Crippen LogP contribution < -0.4 is 0 Å². The van der Waals surface area contributed by atoms with Crippen LogP contribution in [0.3, 0.4) is 0 Å². The van der Waals surface area contributed by atoms with Gasteiger partial charge in [-0.1, -0.05) is 48.5 Å². The molecule has 20 heavy (non-hydrogen) atoms. The van der Waals surface area contributed by atoms with Gasteiger partial charge in [-0.2, -0.15) is 0 Å². The first kappa shape index (κ1) is 12.5. The third-order valence-corrected chi connectivity index (χ3v) is 3.43. The lowest BCUT2D eigenvalue weighted by molar-refractivity contribution is 0.450. The van der Waals surface area contributed by atoms with Gasteiger partial charge < -0.3 is 9.52 Å². The number of phenolic OH excluding ortho intramolecular Hbond substituents is 1. The standard InChI is InChI=1S/C18H16O2/c1-13-11-12-17(20-13)18(14-7-3-2-4-8-14)15-9-5-6-10-16(15)19/h2-12,18-19H,1H3. The zero-order valence-corrected chi connectivity index (χ0v) is 11.3. The van der Waals surface area contributed by atoms with E-state index in [9.17, 15) is 5.11 Å². The molecule has 0 saturated carbocycles. The van der Waals surface area contributed by atoms with E-state index in [0.29, 0.717) is 0 Å². The average Bonchev–Trinajstić information content (AvgIpc) is 2.89. The second kappa shape index (κ2) is 5.25. The number of hydrogen-bond donors (Lipinski definition) is 1. The smallest absolute Gasteiger partial charge is 0.119 e. The van der Waals surface area contributed by atoms with Crippen LogP contribution in [-0.4, -0.2) is 5.11 Å². The van der Waals surface area contributed by atoms with E-state index in [0.717, 1.165) is 22.6 Å². The molecule has 2 heteroatoms. The Hall–Kier alpha value is -2.48. The first-order valence-corrected chi connectivity index (χ1v) is 6.65. The first-order chi connectivity index (χ1) is 9.75. The summed E-state index contributed by atoms with van der Waals surface area (Å²) >= 11 is 0. The molecule has 1 atom stereocenters. The molecular weight excluding hydrogens is 248 g/mol. The highest BCUT2D eigenvalue weighted by Gasteiger charge is 2.22. The van der Waals surface area contributed by atoms with Crippen molar-refractivity contribution < 1.29 is 9.52 Å². The fraction of sp³-hybridized carbons (Fsp3) is 0.111. The summed E-state index contributed by atoms with van der Waals surface area (Å²) in [6.07, 6.45) is 0. The van der Waals surface area contributed by atoms with E-state index in [2.05, 4.69) is 12.1 Å². The minimum absolute atomic E-state index is 0.0916. The Kier molecular flexibility index (Phi) is 3.30. The molecule has 1 unspecified atom stereocenters. The number of furan rings is 1. The summed E-state index contributed by atoms with van der Waals surface area (Å²) in [4.78, 5) is 0. The molecule has 0 spiro atoms. The van der Waals surface area contributed by atoms with Gasteiger partial charge in [0, 0.05) is 5.56 Å². The highest BCUT2D eigenvalue weighted by atomic mass is 16.3. The lowest BCUT2D eigenvalue weighted by Crippen LogP contribution is -2.02. The van der Waals surface area contributed by atoms with Crippen LogP contribution in [-0.2, 0) is 0 Å². The normalized spacial score (nSPS) is 12.2. The Balaban J connectivity index is 2.16. The number of hydrogen-bond acceptors (Lipinski definition) is 2. The van der Waals surface area contributed by atoms with Crippen LogP contribution in [0, 0.1) is 6.92 Å². The summed E-state index contributed by atoms with van der Waals surface area (Å²) in [5.74, 6) is 1.91. The molecule has 3 rings (SSSR count). The van der Waals surface area contributed by atoms with E-state index in [1.807, 2.05) is 55.5 Å². The number of rotatable bonds is 3. The molecule has 1 aromatic heterocycles. The molecular formula is C18H16O2. The van der Waals surface area contributed by atoms with Gasteiger partial charge in [-0.3, -0.25) is 0 Å². The summed E-state index contributed by atoms with van der Waals surface area (Å²) in [7, 11) is 0. The summed E-state index contributed by atoms with van der Waals surface area (Å²) in [6.45, 7) is 1.93. The summed E-state index contributed by atoms with van der Waals surface area (Å²) in [5, 5.41) is 10.2. The molecule has 0 aliphatic rings. The van der Waals surface area contributed by atoms with Crippen molar-refractivity contribution in [3.05, 3.63) is 89.4 Å². The second-order valence-electron chi connectivity index (χ2n) is 4.85. The summed E-state index contributed by atoms with van der Waals surface area (Å²) in [5.41, 5.74) is 1.96. The van der Waals surface area contributed by atoms with Crippen LogP contribution in [0.15, 0.2) is 71.1 Å². The summed E-state index contributed by atoms with van der Waals surface area (Å²) < 4.78 is 5.80. The zero-order valence-electron chi connectivity index (χ0n) is 11.3. The van der Waals surface area contributed by atoms with Crippen LogP contribution in [0.1, 0.15) is 28.6 Å². The summed E-state index contributed by atoms with van der Waals surface area (Å²) in [6, 6.07) is 21.4. The van der Waals surface area contributed by atoms with E-state index in [-0.39, 0.29) is 11.7 Å². The van der Waals surface area contributed by atoms with Crippen molar-refractivity contribution in [2.45, 2.75) is 12.8 Å². The average molecular weight is 264 g/mol. The van der Waals surface area contributed by atoms with Gasteiger partial charge >= 0.3 is 0 Å². The number of aryl methyl sites for hydroxylation is 1. The van der Waals surface area contributed by atoms with Crippen molar-refractivity contribution in [1.82, 2.24) is 0 Å². The van der Waals surface area contributed by atoms with Crippen molar-refractivity contribution in [2.24, 2.45) is 0 Å². The van der Waals surface area contributed by atoms with Crippen molar-refractivity contribution in [3.8, 4) is 5.75 Å². The molecule has 2 nitrogen and oxygen atoms in total. The predicted octanol–water partition coefficient (Wildman–Crippen LogP) is 4.47. The minimum atomic E-state index is -0.0916. The van der Waals surface area contributed by atoms with Gasteiger partial charge in [-0.15, -0.1) is 0 Å². The maximum absolute atomic E-state index is 10.2. The zero-order chi connectivity index (χ0) is 13.9. The second-order valence-corrected chi connectivity index (χ2v) is 4.85. The van der Waals surface area contributed by atoms with Crippen LogP contribution in [0.4, 0.5) is 0 Å². The van der Waals surface area contributed by atoms with Gasteiger partial charge in [-0.05, 0) is 30.7 Å². The number of aromatic hydroxyl groups is 1. The van der Waals surface area contributed by atoms with E-state index >= 15 is 0 Å². The third kappa shape index (κ3) is 2.32. The maximum atomic E-state index is 10.2. The Morgan fingerprint density at radius 2 is 1.55 bits per heavy atom. The van der Waals surface area contributed by atoms with Gasteiger partial charge in [-0.25, -0.2) is 0 Å².